The van der Waals surface area contributed by atoms with Crippen LogP contribution in [0.2, 0.25) is 0 Å². The lowest BCUT2D eigenvalue weighted by Gasteiger charge is -2.12. The molecule has 2 N–H and O–H groups in total. The smallest absolute Gasteiger partial charge is 0.338 e. The number of aromatic nitrogens is 3. The van der Waals surface area contributed by atoms with E-state index in [0.29, 0.717) is 34.4 Å². The van der Waals surface area contributed by atoms with E-state index in [0.717, 1.165) is 22.6 Å². The minimum Gasteiger partial charge on any atom is -0.494 e. The van der Waals surface area contributed by atoms with Crippen LogP contribution in [0.1, 0.15) is 51.5 Å². The second-order valence-corrected chi connectivity index (χ2v) is 10.2. The average Bonchev–Trinajstić information content (AvgIpc) is 3.40. The molecule has 218 valence electrons. The number of esters is 1. The molecule has 4 aromatic rings. The zero-order valence-electron chi connectivity index (χ0n) is 24.0. The number of thioether (sulfide) groups is 1. The first-order valence-electron chi connectivity index (χ1n) is 13.5. The highest BCUT2D eigenvalue weighted by Crippen LogP contribution is 2.24. The van der Waals surface area contributed by atoms with Gasteiger partial charge >= 0.3 is 5.97 Å². The molecule has 0 fully saturated rings. The lowest BCUT2D eigenvalue weighted by atomic mass is 10.1. The van der Waals surface area contributed by atoms with Crippen LogP contribution in [0.25, 0.3) is 5.69 Å². The molecular weight excluding hydrogens is 554 g/mol. The second-order valence-electron chi connectivity index (χ2n) is 9.28. The van der Waals surface area contributed by atoms with Gasteiger partial charge in [0.25, 0.3) is 5.91 Å². The average molecular weight is 588 g/mol. The van der Waals surface area contributed by atoms with Gasteiger partial charge in [0, 0.05) is 16.9 Å². The van der Waals surface area contributed by atoms with Crippen LogP contribution in [0, 0.1) is 13.8 Å². The Morgan fingerprint density at radius 3 is 2.24 bits per heavy atom. The van der Waals surface area contributed by atoms with Crippen LogP contribution in [0.3, 0.4) is 0 Å². The van der Waals surface area contributed by atoms with Crippen LogP contribution >= 0.6 is 11.8 Å². The molecule has 10 nitrogen and oxygen atoms in total. The number of anilines is 1. The monoisotopic (exact) mass is 587 g/mol. The SMILES string of the molecule is CCOC(=O)c1ccc(NC(=O)CSc2nnc(CNC(=O)c3ccc(C)c(C)c3)n2-c2ccc(OCC)cc2)cc1. The number of rotatable bonds is 12. The number of benzene rings is 3. The maximum Gasteiger partial charge on any atom is 0.338 e. The third-order valence-electron chi connectivity index (χ3n) is 6.29. The fourth-order valence-corrected chi connectivity index (χ4v) is 4.77. The molecule has 0 spiro atoms. The summed E-state index contributed by atoms with van der Waals surface area (Å²) < 4.78 is 12.4. The van der Waals surface area contributed by atoms with Crippen molar-refractivity contribution >= 4 is 35.2 Å². The van der Waals surface area contributed by atoms with Crippen molar-refractivity contribution in [2.24, 2.45) is 0 Å². The summed E-state index contributed by atoms with van der Waals surface area (Å²) in [5, 5.41) is 14.9. The minimum atomic E-state index is -0.416. The third-order valence-corrected chi connectivity index (χ3v) is 7.22. The van der Waals surface area contributed by atoms with Crippen LogP contribution in [-0.4, -0.2) is 51.5 Å². The van der Waals surface area contributed by atoms with Crippen LogP contribution in [0.5, 0.6) is 5.75 Å². The number of nitrogens with zero attached hydrogens (tertiary/aromatic N) is 3. The molecule has 1 aromatic heterocycles. The van der Waals surface area contributed by atoms with Crippen LogP contribution in [0.15, 0.2) is 71.9 Å². The van der Waals surface area contributed by atoms with E-state index in [1.165, 1.54) is 11.8 Å². The Morgan fingerprint density at radius 1 is 0.857 bits per heavy atom. The Kier molecular flexibility index (Phi) is 10.3. The van der Waals surface area contributed by atoms with Gasteiger partial charge < -0.3 is 20.1 Å². The molecule has 11 heteroatoms. The molecule has 0 radical (unpaired) electrons. The number of carbonyl (C=O) groups excluding carboxylic acids is 3. The van der Waals surface area contributed by atoms with Crippen LogP contribution in [0.4, 0.5) is 5.69 Å². The summed E-state index contributed by atoms with van der Waals surface area (Å²) in [7, 11) is 0. The molecule has 0 unspecified atom stereocenters. The first-order chi connectivity index (χ1) is 20.3. The van der Waals surface area contributed by atoms with Crippen molar-refractivity contribution in [1.29, 1.82) is 0 Å². The van der Waals surface area contributed by atoms with E-state index in [2.05, 4.69) is 20.8 Å². The van der Waals surface area contributed by atoms with E-state index in [1.807, 2.05) is 61.7 Å². The molecule has 4 rings (SSSR count). The standard InChI is InChI=1S/C31H33N5O5S/c1-5-40-26-15-13-25(14-16-26)36-27(18-32-29(38)23-8-7-20(3)21(4)17-23)34-35-31(36)42-19-28(37)33-24-11-9-22(10-12-24)30(39)41-6-2/h7-17H,5-6,18-19H2,1-4H3,(H,32,38)(H,33,37). The normalized spacial score (nSPS) is 10.7. The largest absolute Gasteiger partial charge is 0.494 e. The summed E-state index contributed by atoms with van der Waals surface area (Å²) in [6.45, 7) is 8.58. The Hall–Kier alpha value is -4.64. The van der Waals surface area contributed by atoms with Crippen molar-refractivity contribution in [2.75, 3.05) is 24.3 Å². The lowest BCUT2D eigenvalue weighted by Crippen LogP contribution is -2.24. The van der Waals surface area contributed by atoms with E-state index in [4.69, 9.17) is 9.47 Å². The zero-order chi connectivity index (χ0) is 30.1. The molecule has 0 aliphatic rings. The summed E-state index contributed by atoms with van der Waals surface area (Å²) in [5.41, 5.74) is 4.43. The number of amides is 2. The van der Waals surface area contributed by atoms with Crippen molar-refractivity contribution < 1.29 is 23.9 Å². The van der Waals surface area contributed by atoms with Crippen molar-refractivity contribution in [3.63, 3.8) is 0 Å². The number of nitrogens with one attached hydrogen (secondary N) is 2. The van der Waals surface area contributed by atoms with Gasteiger partial charge in [-0.2, -0.15) is 0 Å². The maximum atomic E-state index is 12.9. The predicted molar refractivity (Wildman–Crippen MR) is 161 cm³/mol. The quantitative estimate of drug-likeness (QED) is 0.173. The summed E-state index contributed by atoms with van der Waals surface area (Å²) in [4.78, 5) is 37.5. The molecule has 0 saturated carbocycles. The molecule has 0 saturated heterocycles. The maximum absolute atomic E-state index is 12.9. The minimum absolute atomic E-state index is 0.0593. The van der Waals surface area contributed by atoms with Gasteiger partial charge in [-0.1, -0.05) is 17.8 Å². The van der Waals surface area contributed by atoms with Gasteiger partial charge in [0.2, 0.25) is 5.91 Å². The number of carbonyl (C=O) groups is 3. The number of hydrogen-bond donors (Lipinski definition) is 2. The molecule has 42 heavy (non-hydrogen) atoms. The van der Waals surface area contributed by atoms with Gasteiger partial charge in [0.15, 0.2) is 11.0 Å². The molecule has 0 bridgehead atoms. The van der Waals surface area contributed by atoms with Gasteiger partial charge in [-0.25, -0.2) is 4.79 Å². The fraction of sp³-hybridized carbons (Fsp3) is 0.258. The number of aryl methyl sites for hydroxylation is 2. The molecular formula is C31H33N5O5S. The van der Waals surface area contributed by atoms with E-state index in [9.17, 15) is 14.4 Å². The zero-order valence-corrected chi connectivity index (χ0v) is 24.8. The van der Waals surface area contributed by atoms with Crippen molar-refractivity contribution in [1.82, 2.24) is 20.1 Å². The van der Waals surface area contributed by atoms with Crippen LogP contribution < -0.4 is 15.4 Å². The molecule has 0 aliphatic heterocycles. The number of ether oxygens (including phenoxy) is 2. The lowest BCUT2D eigenvalue weighted by molar-refractivity contribution is -0.113. The number of hydrogen-bond acceptors (Lipinski definition) is 8. The highest BCUT2D eigenvalue weighted by Gasteiger charge is 2.18. The molecule has 3 aromatic carbocycles. The van der Waals surface area contributed by atoms with E-state index >= 15 is 0 Å². The van der Waals surface area contributed by atoms with Gasteiger partial charge in [-0.15, -0.1) is 10.2 Å². The third kappa shape index (κ3) is 7.76. The highest BCUT2D eigenvalue weighted by molar-refractivity contribution is 7.99. The Bertz CT molecular complexity index is 1550. The summed E-state index contributed by atoms with van der Waals surface area (Å²) >= 11 is 1.21. The van der Waals surface area contributed by atoms with Crippen molar-refractivity contribution in [3.8, 4) is 11.4 Å². The van der Waals surface area contributed by atoms with Crippen LogP contribution in [-0.2, 0) is 16.1 Å². The van der Waals surface area contributed by atoms with Gasteiger partial charge in [-0.3, -0.25) is 14.2 Å². The van der Waals surface area contributed by atoms with Crippen molar-refractivity contribution in [2.45, 2.75) is 39.4 Å². The second kappa shape index (κ2) is 14.3. The van der Waals surface area contributed by atoms with E-state index < -0.39 is 5.97 Å². The molecule has 2 amide bonds. The van der Waals surface area contributed by atoms with Crippen molar-refractivity contribution in [3.05, 3.63) is 94.8 Å². The first-order valence-corrected chi connectivity index (χ1v) is 14.5. The van der Waals surface area contributed by atoms with E-state index in [-0.39, 0.29) is 30.7 Å². The Labute approximate surface area is 248 Å². The van der Waals surface area contributed by atoms with Gasteiger partial charge in [0.05, 0.1) is 31.1 Å². The molecule has 1 heterocycles. The van der Waals surface area contributed by atoms with Gasteiger partial charge in [0.1, 0.15) is 5.75 Å². The Balaban J connectivity index is 1.47. The summed E-state index contributed by atoms with van der Waals surface area (Å²) in [6.07, 6.45) is 0. The predicted octanol–water partition coefficient (Wildman–Crippen LogP) is 5.12. The Morgan fingerprint density at radius 2 is 1.57 bits per heavy atom. The van der Waals surface area contributed by atoms with E-state index in [1.54, 1.807) is 37.3 Å². The fourth-order valence-electron chi connectivity index (χ4n) is 4.00. The summed E-state index contributed by atoms with van der Waals surface area (Å²) in [5.74, 6) is 0.400. The summed E-state index contributed by atoms with van der Waals surface area (Å²) in [6, 6.07) is 19.5. The van der Waals surface area contributed by atoms with Gasteiger partial charge in [-0.05, 0) is 99.5 Å². The topological polar surface area (TPSA) is 124 Å². The first kappa shape index (κ1) is 30.3. The molecule has 0 aliphatic carbocycles. The highest BCUT2D eigenvalue weighted by atomic mass is 32.2. The molecule has 0 atom stereocenters.